The molecule has 4 rings (SSSR count). The Kier molecular flexibility index (Phi) is 7.12. The highest BCUT2D eigenvalue weighted by Crippen LogP contribution is 2.66. The first-order chi connectivity index (χ1) is 15.9. The van der Waals surface area contributed by atoms with Crippen LogP contribution in [-0.4, -0.2) is 42.3 Å². The predicted molar refractivity (Wildman–Crippen MR) is 130 cm³/mol. The number of nitrogens with zero attached hydrogens (tertiary/aromatic N) is 1. The molecule has 0 radical (unpaired) electrons. The van der Waals surface area contributed by atoms with Gasteiger partial charge >= 0.3 is 0 Å². The van der Waals surface area contributed by atoms with Crippen molar-refractivity contribution in [1.82, 2.24) is 10.2 Å². The van der Waals surface area contributed by atoms with Crippen LogP contribution < -0.4 is 5.32 Å². The first-order valence-electron chi connectivity index (χ1n) is 13.7. The van der Waals surface area contributed by atoms with E-state index >= 15 is 0 Å². The normalized spacial score (nSPS) is 41.6. The number of fused-ring (bicyclic) bond motifs is 5. The van der Waals surface area contributed by atoms with E-state index in [9.17, 15) is 18.4 Å². The van der Waals surface area contributed by atoms with Gasteiger partial charge in [-0.1, -0.05) is 34.6 Å². The lowest BCUT2D eigenvalue weighted by atomic mass is 9.47. The first-order valence-corrected chi connectivity index (χ1v) is 13.7. The van der Waals surface area contributed by atoms with Crippen molar-refractivity contribution in [3.05, 3.63) is 0 Å². The average molecular weight is 481 g/mol. The minimum atomic E-state index is -2.43. The van der Waals surface area contributed by atoms with Gasteiger partial charge in [-0.25, -0.2) is 8.78 Å². The Labute approximate surface area is 205 Å². The Balaban J connectivity index is 1.50. The number of alkyl halides is 2. The summed E-state index contributed by atoms with van der Waals surface area (Å²) in [5, 5.41) is 3.10. The largest absolute Gasteiger partial charge is 0.353 e. The van der Waals surface area contributed by atoms with Gasteiger partial charge in [-0.2, -0.15) is 0 Å². The zero-order valence-corrected chi connectivity index (χ0v) is 22.1. The summed E-state index contributed by atoms with van der Waals surface area (Å²) < 4.78 is 27.1. The Bertz CT molecular complexity index is 788. The topological polar surface area (TPSA) is 49.4 Å². The van der Waals surface area contributed by atoms with Crippen molar-refractivity contribution in [3.63, 3.8) is 0 Å². The first kappa shape index (κ1) is 25.9. The molecule has 34 heavy (non-hydrogen) atoms. The molecule has 3 aliphatic carbocycles. The van der Waals surface area contributed by atoms with E-state index in [0.717, 1.165) is 44.9 Å². The van der Waals surface area contributed by atoms with Gasteiger partial charge in [-0.15, -0.1) is 0 Å². The second-order valence-electron chi connectivity index (χ2n) is 13.1. The molecule has 0 aromatic heterocycles. The van der Waals surface area contributed by atoms with Crippen LogP contribution in [0.4, 0.5) is 8.78 Å². The molecule has 194 valence electrons. The van der Waals surface area contributed by atoms with E-state index < -0.39 is 18.4 Å². The summed E-state index contributed by atoms with van der Waals surface area (Å²) in [6.45, 7) is 10.3. The SMILES string of the molecule is CC(C)CC(NC(=O)[C@H]1CC[C@H]2[C@@H]3CC[C@H]4N(C)C(=O)CC[C@]4(C)[C@H]3CC[C@]12C)C(C)C(F)F. The highest BCUT2D eigenvalue weighted by atomic mass is 19.3. The van der Waals surface area contributed by atoms with E-state index in [1.54, 1.807) is 6.92 Å². The number of hydrogen-bond donors (Lipinski definition) is 1. The number of rotatable bonds is 6. The molecule has 4 fully saturated rings. The second-order valence-corrected chi connectivity index (χ2v) is 13.1. The summed E-state index contributed by atoms with van der Waals surface area (Å²) in [6.07, 6.45) is 6.05. The van der Waals surface area contributed by atoms with Gasteiger partial charge in [0.2, 0.25) is 18.2 Å². The lowest BCUT2D eigenvalue weighted by molar-refractivity contribution is -0.159. The molecule has 1 aliphatic heterocycles. The molecule has 1 heterocycles. The number of piperidine rings is 1. The van der Waals surface area contributed by atoms with E-state index in [2.05, 4.69) is 19.2 Å². The number of halogens is 2. The monoisotopic (exact) mass is 480 g/mol. The van der Waals surface area contributed by atoms with Gasteiger partial charge in [0.15, 0.2) is 0 Å². The number of hydrogen-bond acceptors (Lipinski definition) is 2. The number of likely N-dealkylation sites (tertiary alicyclic amines) is 1. The van der Waals surface area contributed by atoms with Gasteiger partial charge in [0, 0.05) is 37.4 Å². The molecular formula is C28H46F2N2O2. The van der Waals surface area contributed by atoms with Crippen LogP contribution in [0.1, 0.15) is 92.4 Å². The van der Waals surface area contributed by atoms with Crippen molar-refractivity contribution < 1.29 is 18.4 Å². The van der Waals surface area contributed by atoms with E-state index in [1.165, 1.54) is 0 Å². The van der Waals surface area contributed by atoms with E-state index in [0.29, 0.717) is 36.6 Å². The Morgan fingerprint density at radius 2 is 1.71 bits per heavy atom. The third-order valence-electron chi connectivity index (χ3n) is 11.0. The summed E-state index contributed by atoms with van der Waals surface area (Å²) >= 11 is 0. The lowest BCUT2D eigenvalue weighted by Crippen LogP contribution is -2.61. The predicted octanol–water partition coefficient (Wildman–Crippen LogP) is 5.90. The molecule has 3 saturated carbocycles. The second kappa shape index (κ2) is 9.35. The Hall–Kier alpha value is -1.20. The summed E-state index contributed by atoms with van der Waals surface area (Å²) in [4.78, 5) is 28.0. The van der Waals surface area contributed by atoms with E-state index in [4.69, 9.17) is 0 Å². The van der Waals surface area contributed by atoms with Gasteiger partial charge in [0.1, 0.15) is 0 Å². The van der Waals surface area contributed by atoms with Gasteiger partial charge in [0.25, 0.3) is 0 Å². The van der Waals surface area contributed by atoms with Crippen LogP contribution in [0.2, 0.25) is 0 Å². The van der Waals surface area contributed by atoms with Gasteiger partial charge in [0.05, 0.1) is 0 Å². The molecule has 1 saturated heterocycles. The maximum atomic E-state index is 13.6. The fourth-order valence-electron chi connectivity index (χ4n) is 8.95. The zero-order chi connectivity index (χ0) is 25.0. The third kappa shape index (κ3) is 4.19. The standard InChI is InChI=1S/C28H46F2N2O2/c1-16(2)15-22(17(3)25(29)30)31-26(34)21-9-8-19-18-7-10-23-28(5,14-12-24(33)32(23)6)20(18)11-13-27(19,21)4/h16-23,25H,7-15H2,1-6H3,(H,31,34)/t17?,18-,19-,20-,21+,22?,23+,27-,28+/m0/s1. The van der Waals surface area contributed by atoms with Gasteiger partial charge in [-0.3, -0.25) is 9.59 Å². The van der Waals surface area contributed by atoms with Crippen molar-refractivity contribution >= 4 is 11.8 Å². The van der Waals surface area contributed by atoms with E-state index in [-0.39, 0.29) is 34.5 Å². The van der Waals surface area contributed by atoms with Crippen LogP contribution in [0.15, 0.2) is 0 Å². The molecule has 4 aliphatic rings. The van der Waals surface area contributed by atoms with Crippen LogP contribution in [0.25, 0.3) is 0 Å². The van der Waals surface area contributed by atoms with Crippen molar-refractivity contribution in [2.75, 3.05) is 7.05 Å². The van der Waals surface area contributed by atoms with Crippen molar-refractivity contribution in [1.29, 1.82) is 0 Å². The molecule has 4 nitrogen and oxygen atoms in total. The van der Waals surface area contributed by atoms with Crippen LogP contribution >= 0.6 is 0 Å². The quantitative estimate of drug-likeness (QED) is 0.515. The smallest absolute Gasteiger partial charge is 0.243 e. The summed E-state index contributed by atoms with van der Waals surface area (Å²) in [5.74, 6) is 1.34. The Morgan fingerprint density at radius 1 is 1.03 bits per heavy atom. The third-order valence-corrected chi connectivity index (χ3v) is 11.0. The maximum Gasteiger partial charge on any atom is 0.243 e. The minimum absolute atomic E-state index is 0.00416. The van der Waals surface area contributed by atoms with Crippen LogP contribution in [0.5, 0.6) is 0 Å². The maximum absolute atomic E-state index is 13.6. The van der Waals surface area contributed by atoms with Gasteiger partial charge in [-0.05, 0) is 85.9 Å². The zero-order valence-electron chi connectivity index (χ0n) is 22.1. The molecule has 2 unspecified atom stereocenters. The van der Waals surface area contributed by atoms with Crippen LogP contribution in [0.3, 0.4) is 0 Å². The molecule has 6 heteroatoms. The average Bonchev–Trinajstić information content (AvgIpc) is 3.12. The van der Waals surface area contributed by atoms with Gasteiger partial charge < -0.3 is 10.2 Å². The van der Waals surface area contributed by atoms with Crippen LogP contribution in [0, 0.1) is 46.3 Å². The minimum Gasteiger partial charge on any atom is -0.353 e. The number of amides is 2. The fraction of sp³-hybridized carbons (Fsp3) is 0.929. The molecule has 1 N–H and O–H groups in total. The summed E-state index contributed by atoms with van der Waals surface area (Å²) in [7, 11) is 1.99. The lowest BCUT2D eigenvalue weighted by Gasteiger charge is -2.61. The molecule has 9 atom stereocenters. The summed E-state index contributed by atoms with van der Waals surface area (Å²) in [6, 6.07) is -0.136. The highest BCUT2D eigenvalue weighted by molar-refractivity contribution is 5.80. The van der Waals surface area contributed by atoms with E-state index in [1.807, 2.05) is 25.8 Å². The Morgan fingerprint density at radius 3 is 2.35 bits per heavy atom. The number of carbonyl (C=O) groups is 2. The molecule has 0 aromatic rings. The highest BCUT2D eigenvalue weighted by Gasteiger charge is 2.62. The van der Waals surface area contributed by atoms with Crippen LogP contribution in [-0.2, 0) is 9.59 Å². The number of nitrogens with one attached hydrogen (secondary N) is 1. The van der Waals surface area contributed by atoms with Crippen molar-refractivity contribution in [3.8, 4) is 0 Å². The molecule has 0 aromatic carbocycles. The molecule has 0 bridgehead atoms. The van der Waals surface area contributed by atoms with Crippen molar-refractivity contribution in [2.24, 2.45) is 46.3 Å². The summed E-state index contributed by atoms with van der Waals surface area (Å²) in [5.41, 5.74) is 0.115. The molecular weight excluding hydrogens is 434 g/mol. The fourth-order valence-corrected chi connectivity index (χ4v) is 8.95. The van der Waals surface area contributed by atoms with Crippen molar-refractivity contribution in [2.45, 2.75) is 111 Å². The number of carbonyl (C=O) groups excluding carboxylic acids is 2. The molecule has 0 spiro atoms. The molecule has 2 amide bonds.